The summed E-state index contributed by atoms with van der Waals surface area (Å²) in [5.74, 6) is 0.417. The van der Waals surface area contributed by atoms with Gasteiger partial charge in [0.2, 0.25) is 0 Å². The van der Waals surface area contributed by atoms with E-state index in [-0.39, 0.29) is 5.56 Å². The average molecular weight is 268 g/mol. The zero-order valence-electron chi connectivity index (χ0n) is 11.3. The van der Waals surface area contributed by atoms with Crippen LogP contribution in [-0.2, 0) is 6.42 Å². The zero-order chi connectivity index (χ0) is 13.9. The molecular formula is C13H21FN4O. The van der Waals surface area contributed by atoms with Crippen molar-refractivity contribution in [3.8, 4) is 0 Å². The first kappa shape index (κ1) is 14.0. The number of piperidine rings is 1. The summed E-state index contributed by atoms with van der Waals surface area (Å²) in [6.45, 7) is 2.68. The van der Waals surface area contributed by atoms with Crippen molar-refractivity contribution in [3.63, 3.8) is 0 Å². The van der Waals surface area contributed by atoms with Crippen LogP contribution in [0.15, 0.2) is 11.0 Å². The number of nitrogens with two attached hydrogens (primary N) is 1. The van der Waals surface area contributed by atoms with E-state index in [1.807, 2.05) is 4.90 Å². The van der Waals surface area contributed by atoms with Gasteiger partial charge in [0.25, 0.3) is 5.56 Å². The van der Waals surface area contributed by atoms with Crippen molar-refractivity contribution in [3.05, 3.63) is 22.2 Å². The van der Waals surface area contributed by atoms with Gasteiger partial charge in [-0.1, -0.05) is 13.3 Å². The summed E-state index contributed by atoms with van der Waals surface area (Å²) in [5, 5.41) is 0. The molecule has 0 atom stereocenters. The van der Waals surface area contributed by atoms with Crippen LogP contribution in [0.1, 0.15) is 31.9 Å². The van der Waals surface area contributed by atoms with Gasteiger partial charge in [-0.05, 0) is 19.3 Å². The maximum Gasteiger partial charge on any atom is 0.291 e. The Balaban J connectivity index is 2.10. The second-order valence-corrected chi connectivity index (χ2v) is 5.29. The fourth-order valence-electron chi connectivity index (χ4n) is 2.35. The van der Waals surface area contributed by atoms with Crippen LogP contribution in [0.4, 0.5) is 10.2 Å². The molecule has 0 bridgehead atoms. The van der Waals surface area contributed by atoms with Crippen molar-refractivity contribution in [2.24, 2.45) is 5.73 Å². The maximum atomic E-state index is 12.8. The molecule has 0 aliphatic carbocycles. The number of nitrogens with zero attached hydrogens (tertiary/aromatic N) is 2. The molecule has 0 saturated carbocycles. The van der Waals surface area contributed by atoms with Crippen molar-refractivity contribution in [1.82, 2.24) is 9.97 Å². The molecule has 0 spiro atoms. The predicted octanol–water partition coefficient (Wildman–Crippen LogP) is 0.990. The molecule has 2 rings (SSSR count). The van der Waals surface area contributed by atoms with Gasteiger partial charge in [-0.3, -0.25) is 4.79 Å². The van der Waals surface area contributed by atoms with Gasteiger partial charge in [-0.15, -0.1) is 0 Å². The van der Waals surface area contributed by atoms with E-state index >= 15 is 0 Å². The Labute approximate surface area is 112 Å². The van der Waals surface area contributed by atoms with Gasteiger partial charge in [0.15, 0.2) is 5.82 Å². The van der Waals surface area contributed by atoms with E-state index in [0.717, 1.165) is 18.5 Å². The summed E-state index contributed by atoms with van der Waals surface area (Å²) >= 11 is 0. The average Bonchev–Trinajstić information content (AvgIpc) is 2.41. The standard InChI is InChI=1S/C13H21FN4O/c1-2-3-10-8-16-11(12(19)17-10)18-6-4-13(15,9-14)5-7-18/h8H,2-7,9,15H2,1H3,(H,17,19). The van der Waals surface area contributed by atoms with Gasteiger partial charge >= 0.3 is 0 Å². The molecule has 1 saturated heterocycles. The predicted molar refractivity (Wildman–Crippen MR) is 73.2 cm³/mol. The highest BCUT2D eigenvalue weighted by molar-refractivity contribution is 5.37. The molecule has 6 heteroatoms. The monoisotopic (exact) mass is 268 g/mol. The van der Waals surface area contributed by atoms with E-state index in [0.29, 0.717) is 31.7 Å². The summed E-state index contributed by atoms with van der Waals surface area (Å²) in [6, 6.07) is 0. The summed E-state index contributed by atoms with van der Waals surface area (Å²) in [7, 11) is 0. The zero-order valence-corrected chi connectivity index (χ0v) is 11.3. The Bertz CT molecular complexity index is 480. The minimum absolute atomic E-state index is 0.171. The lowest BCUT2D eigenvalue weighted by Crippen LogP contribution is -2.53. The van der Waals surface area contributed by atoms with Crippen molar-refractivity contribution >= 4 is 5.82 Å². The molecule has 1 aliphatic heterocycles. The van der Waals surface area contributed by atoms with Crippen molar-refractivity contribution in [1.29, 1.82) is 0 Å². The van der Waals surface area contributed by atoms with Crippen LogP contribution in [0.3, 0.4) is 0 Å². The molecular weight excluding hydrogens is 247 g/mol. The highest BCUT2D eigenvalue weighted by atomic mass is 19.1. The summed E-state index contributed by atoms with van der Waals surface area (Å²) in [6.07, 6.45) is 4.57. The van der Waals surface area contributed by atoms with Gasteiger partial charge < -0.3 is 15.6 Å². The highest BCUT2D eigenvalue weighted by Crippen LogP contribution is 2.22. The summed E-state index contributed by atoms with van der Waals surface area (Å²) in [5.41, 5.74) is 5.84. The van der Waals surface area contributed by atoms with Crippen LogP contribution < -0.4 is 16.2 Å². The Kier molecular flexibility index (Phi) is 4.19. The van der Waals surface area contributed by atoms with Crippen LogP contribution >= 0.6 is 0 Å². The smallest absolute Gasteiger partial charge is 0.291 e. The quantitative estimate of drug-likeness (QED) is 0.854. The van der Waals surface area contributed by atoms with E-state index in [1.165, 1.54) is 0 Å². The lowest BCUT2D eigenvalue weighted by Gasteiger charge is -2.37. The normalized spacial score (nSPS) is 18.6. The first-order valence-corrected chi connectivity index (χ1v) is 6.76. The lowest BCUT2D eigenvalue weighted by molar-refractivity contribution is 0.254. The molecule has 5 nitrogen and oxygen atoms in total. The maximum absolute atomic E-state index is 12.8. The van der Waals surface area contributed by atoms with Gasteiger partial charge in [-0.2, -0.15) is 0 Å². The molecule has 3 N–H and O–H groups in total. The minimum atomic E-state index is -0.731. The number of halogens is 1. The first-order valence-electron chi connectivity index (χ1n) is 6.76. The topological polar surface area (TPSA) is 75.0 Å². The van der Waals surface area contributed by atoms with Crippen molar-refractivity contribution in [2.75, 3.05) is 24.7 Å². The van der Waals surface area contributed by atoms with Crippen LogP contribution in [-0.4, -0.2) is 35.3 Å². The fraction of sp³-hybridized carbons (Fsp3) is 0.692. The molecule has 19 heavy (non-hydrogen) atoms. The van der Waals surface area contributed by atoms with Crippen molar-refractivity contribution < 1.29 is 4.39 Å². The van der Waals surface area contributed by atoms with Crippen LogP contribution in [0.5, 0.6) is 0 Å². The van der Waals surface area contributed by atoms with Gasteiger partial charge in [-0.25, -0.2) is 9.37 Å². The Morgan fingerprint density at radius 2 is 2.21 bits per heavy atom. The molecule has 106 valence electrons. The first-order chi connectivity index (χ1) is 9.08. The largest absolute Gasteiger partial charge is 0.352 e. The number of aryl methyl sites for hydroxylation is 1. The van der Waals surface area contributed by atoms with E-state index in [1.54, 1.807) is 6.20 Å². The molecule has 0 aromatic carbocycles. The molecule has 1 fully saturated rings. The number of nitrogens with one attached hydrogen (secondary N) is 1. The molecule has 1 aromatic rings. The second-order valence-electron chi connectivity index (χ2n) is 5.29. The molecule has 1 aliphatic rings. The highest BCUT2D eigenvalue weighted by Gasteiger charge is 2.31. The Morgan fingerprint density at radius 3 is 2.74 bits per heavy atom. The SMILES string of the molecule is CCCc1cnc(N2CCC(N)(CF)CC2)c(=O)[nH]1. The molecule has 0 amide bonds. The molecule has 0 unspecified atom stereocenters. The molecule has 0 radical (unpaired) electrons. The van der Waals surface area contributed by atoms with E-state index < -0.39 is 12.2 Å². The minimum Gasteiger partial charge on any atom is -0.352 e. The van der Waals surface area contributed by atoms with Gasteiger partial charge in [0.1, 0.15) is 6.67 Å². The van der Waals surface area contributed by atoms with Gasteiger partial charge in [0.05, 0.1) is 0 Å². The van der Waals surface area contributed by atoms with E-state index in [9.17, 15) is 9.18 Å². The summed E-state index contributed by atoms with van der Waals surface area (Å²) < 4.78 is 12.8. The number of alkyl halides is 1. The number of anilines is 1. The molecule has 2 heterocycles. The third-order valence-corrected chi connectivity index (χ3v) is 3.66. The van der Waals surface area contributed by atoms with E-state index in [4.69, 9.17) is 5.73 Å². The number of hydrogen-bond acceptors (Lipinski definition) is 4. The second kappa shape index (κ2) is 5.69. The Hall–Kier alpha value is -1.43. The number of aromatic nitrogens is 2. The fourth-order valence-corrected chi connectivity index (χ4v) is 2.35. The summed E-state index contributed by atoms with van der Waals surface area (Å²) in [4.78, 5) is 20.9. The third kappa shape index (κ3) is 3.12. The number of rotatable bonds is 4. The van der Waals surface area contributed by atoms with E-state index in [2.05, 4.69) is 16.9 Å². The van der Waals surface area contributed by atoms with Crippen molar-refractivity contribution in [2.45, 2.75) is 38.1 Å². The lowest BCUT2D eigenvalue weighted by atomic mass is 9.90. The third-order valence-electron chi connectivity index (χ3n) is 3.66. The van der Waals surface area contributed by atoms with Crippen LogP contribution in [0.25, 0.3) is 0 Å². The number of H-pyrrole nitrogens is 1. The Morgan fingerprint density at radius 1 is 1.53 bits per heavy atom. The number of hydrogen-bond donors (Lipinski definition) is 2. The molecule has 1 aromatic heterocycles. The number of aromatic amines is 1. The van der Waals surface area contributed by atoms with Crippen LogP contribution in [0, 0.1) is 0 Å². The van der Waals surface area contributed by atoms with Gasteiger partial charge in [0, 0.05) is 30.5 Å². The van der Waals surface area contributed by atoms with Crippen LogP contribution in [0.2, 0.25) is 0 Å².